The first-order valence-electron chi connectivity index (χ1n) is 6.96. The van der Waals surface area contributed by atoms with Crippen molar-refractivity contribution >= 4 is 5.95 Å². The van der Waals surface area contributed by atoms with Crippen molar-refractivity contribution in [3.05, 3.63) is 36.1 Å². The summed E-state index contributed by atoms with van der Waals surface area (Å²) >= 11 is 0. The maximum Gasteiger partial charge on any atom is 0.449 e. The lowest BCUT2D eigenvalue weighted by Gasteiger charge is -2.15. The van der Waals surface area contributed by atoms with E-state index in [1.165, 1.54) is 18.8 Å². The molecule has 0 saturated heterocycles. The highest BCUT2D eigenvalue weighted by molar-refractivity contribution is 5.65. The number of para-hydroxylation sites is 1. The van der Waals surface area contributed by atoms with Gasteiger partial charge in [0.25, 0.3) is 0 Å². The fraction of sp³-hybridized carbons (Fsp3) is 0.200. The zero-order valence-corrected chi connectivity index (χ0v) is 13.2. The minimum absolute atomic E-state index is 0.0178. The van der Waals surface area contributed by atoms with Gasteiger partial charge in [0.15, 0.2) is 5.76 Å². The van der Waals surface area contributed by atoms with Gasteiger partial charge < -0.3 is 19.6 Å². The number of halogens is 3. The normalized spacial score (nSPS) is 11.6. The molecule has 3 rings (SSSR count). The Kier molecular flexibility index (Phi) is 4.03. The molecule has 0 aliphatic carbocycles. The molecule has 25 heavy (non-hydrogen) atoms. The Hall–Kier alpha value is -3.17. The van der Waals surface area contributed by atoms with Crippen LogP contribution in [0.15, 0.2) is 34.7 Å². The molecule has 7 nitrogen and oxygen atoms in total. The topological polar surface area (TPSA) is 88.3 Å². The number of nitrogens with two attached hydrogens (primary N) is 1. The van der Waals surface area contributed by atoms with E-state index in [-0.39, 0.29) is 17.5 Å². The van der Waals surface area contributed by atoms with Gasteiger partial charge in [-0.05, 0) is 24.3 Å². The maximum absolute atomic E-state index is 12.8. The molecule has 132 valence electrons. The largest absolute Gasteiger partial charge is 0.494 e. The SMILES string of the molecule is COc1cccc(OC)c1-n1c(N)nnc1-c1ccc(C(F)(F)F)o1. The molecule has 0 aliphatic heterocycles. The molecule has 2 heterocycles. The first kappa shape index (κ1) is 16.7. The van der Waals surface area contributed by atoms with Gasteiger partial charge in [-0.2, -0.15) is 13.2 Å². The van der Waals surface area contributed by atoms with E-state index in [0.29, 0.717) is 17.2 Å². The summed E-state index contributed by atoms with van der Waals surface area (Å²) < 4.78 is 55.1. The van der Waals surface area contributed by atoms with E-state index in [4.69, 9.17) is 19.6 Å². The van der Waals surface area contributed by atoms with Gasteiger partial charge in [0.05, 0.1) is 14.2 Å². The fourth-order valence-electron chi connectivity index (χ4n) is 2.34. The summed E-state index contributed by atoms with van der Waals surface area (Å²) in [5.74, 6) is -0.643. The number of nitrogen functional groups attached to an aromatic ring is 1. The highest BCUT2D eigenvalue weighted by Crippen LogP contribution is 2.38. The second-order valence-corrected chi connectivity index (χ2v) is 4.89. The van der Waals surface area contributed by atoms with Gasteiger partial charge in [-0.3, -0.25) is 4.57 Å². The van der Waals surface area contributed by atoms with E-state index in [2.05, 4.69) is 10.2 Å². The number of hydrogen-bond acceptors (Lipinski definition) is 6. The number of hydrogen-bond donors (Lipinski definition) is 1. The Morgan fingerprint density at radius 3 is 2.20 bits per heavy atom. The number of nitrogens with zero attached hydrogens (tertiary/aromatic N) is 3. The molecular formula is C15H13F3N4O3. The third-order valence-corrected chi connectivity index (χ3v) is 3.42. The summed E-state index contributed by atoms with van der Waals surface area (Å²) in [5, 5.41) is 7.55. The van der Waals surface area contributed by atoms with Crippen molar-refractivity contribution < 1.29 is 27.1 Å². The number of rotatable bonds is 4. The van der Waals surface area contributed by atoms with Crippen molar-refractivity contribution in [2.75, 3.05) is 20.0 Å². The lowest BCUT2D eigenvalue weighted by atomic mass is 10.2. The van der Waals surface area contributed by atoms with Crippen LogP contribution < -0.4 is 15.2 Å². The molecule has 0 aliphatic rings. The lowest BCUT2D eigenvalue weighted by molar-refractivity contribution is -0.152. The van der Waals surface area contributed by atoms with Gasteiger partial charge in [0, 0.05) is 0 Å². The van der Waals surface area contributed by atoms with Crippen LogP contribution in [0.1, 0.15) is 5.76 Å². The minimum Gasteiger partial charge on any atom is -0.494 e. The van der Waals surface area contributed by atoms with Crippen molar-refractivity contribution in [1.29, 1.82) is 0 Å². The number of anilines is 1. The molecule has 3 aromatic rings. The summed E-state index contributed by atoms with van der Waals surface area (Å²) in [6.45, 7) is 0. The molecule has 2 aromatic heterocycles. The van der Waals surface area contributed by atoms with Crippen molar-refractivity contribution in [3.8, 4) is 28.8 Å². The first-order valence-corrected chi connectivity index (χ1v) is 6.96. The van der Waals surface area contributed by atoms with Crippen LogP contribution in [0.2, 0.25) is 0 Å². The van der Waals surface area contributed by atoms with E-state index < -0.39 is 11.9 Å². The predicted octanol–water partition coefficient (Wildman–Crippen LogP) is 3.15. The Morgan fingerprint density at radius 2 is 1.68 bits per heavy atom. The fourth-order valence-corrected chi connectivity index (χ4v) is 2.34. The van der Waals surface area contributed by atoms with Crippen LogP contribution in [0.4, 0.5) is 19.1 Å². The Balaban J connectivity index is 2.21. The van der Waals surface area contributed by atoms with Crippen LogP contribution in [-0.4, -0.2) is 29.0 Å². The predicted molar refractivity (Wildman–Crippen MR) is 81.6 cm³/mol. The Labute approximate surface area is 139 Å². The minimum atomic E-state index is -4.61. The number of alkyl halides is 3. The van der Waals surface area contributed by atoms with Gasteiger partial charge in [0.1, 0.15) is 17.2 Å². The Morgan fingerprint density at radius 1 is 1.04 bits per heavy atom. The van der Waals surface area contributed by atoms with Crippen LogP contribution in [-0.2, 0) is 6.18 Å². The maximum atomic E-state index is 12.8. The van der Waals surface area contributed by atoms with Gasteiger partial charge >= 0.3 is 6.18 Å². The van der Waals surface area contributed by atoms with Crippen LogP contribution in [0.5, 0.6) is 11.5 Å². The average Bonchev–Trinajstić information content (AvgIpc) is 3.20. The summed E-state index contributed by atoms with van der Waals surface area (Å²) in [4.78, 5) is 0. The standard InChI is InChI=1S/C15H13F3N4O3/c1-23-8-4-3-5-9(24-2)12(8)22-13(20-21-14(22)19)10-6-7-11(25-10)15(16,17)18/h3-7H,1-2H3,(H2,19,21). The molecule has 0 atom stereocenters. The number of methoxy groups -OCH3 is 2. The van der Waals surface area contributed by atoms with Crippen LogP contribution in [0.25, 0.3) is 17.3 Å². The lowest BCUT2D eigenvalue weighted by Crippen LogP contribution is -2.06. The average molecular weight is 354 g/mol. The second-order valence-electron chi connectivity index (χ2n) is 4.89. The smallest absolute Gasteiger partial charge is 0.449 e. The quantitative estimate of drug-likeness (QED) is 0.774. The van der Waals surface area contributed by atoms with Crippen molar-refractivity contribution in [1.82, 2.24) is 14.8 Å². The molecule has 2 N–H and O–H groups in total. The Bertz CT molecular complexity index is 880. The van der Waals surface area contributed by atoms with Crippen molar-refractivity contribution in [2.24, 2.45) is 0 Å². The highest BCUT2D eigenvalue weighted by atomic mass is 19.4. The summed E-state index contributed by atoms with van der Waals surface area (Å²) in [5.41, 5.74) is 6.21. The molecular weight excluding hydrogens is 341 g/mol. The third-order valence-electron chi connectivity index (χ3n) is 3.42. The molecule has 0 fully saturated rings. The number of aromatic nitrogens is 3. The van der Waals surface area contributed by atoms with Crippen LogP contribution in [0.3, 0.4) is 0 Å². The number of furan rings is 1. The molecule has 10 heteroatoms. The van der Waals surface area contributed by atoms with Crippen LogP contribution in [0, 0.1) is 0 Å². The van der Waals surface area contributed by atoms with E-state index >= 15 is 0 Å². The monoisotopic (exact) mass is 354 g/mol. The number of ether oxygens (including phenoxy) is 2. The highest BCUT2D eigenvalue weighted by Gasteiger charge is 2.35. The van der Waals surface area contributed by atoms with Crippen LogP contribution >= 0.6 is 0 Å². The first-order chi connectivity index (χ1) is 11.9. The van der Waals surface area contributed by atoms with Crippen molar-refractivity contribution in [3.63, 3.8) is 0 Å². The molecule has 0 radical (unpaired) electrons. The third kappa shape index (κ3) is 2.86. The van der Waals surface area contributed by atoms with Gasteiger partial charge in [0.2, 0.25) is 17.5 Å². The van der Waals surface area contributed by atoms with E-state index in [9.17, 15) is 13.2 Å². The van der Waals surface area contributed by atoms with Gasteiger partial charge in [-0.1, -0.05) is 6.07 Å². The second kappa shape index (κ2) is 6.04. The van der Waals surface area contributed by atoms with E-state index in [1.54, 1.807) is 18.2 Å². The zero-order valence-electron chi connectivity index (χ0n) is 13.2. The molecule has 0 saturated carbocycles. The van der Waals surface area contributed by atoms with Crippen molar-refractivity contribution in [2.45, 2.75) is 6.18 Å². The summed E-state index contributed by atoms with van der Waals surface area (Å²) in [6, 6.07) is 6.93. The van der Waals surface area contributed by atoms with E-state index in [1.807, 2.05) is 0 Å². The van der Waals surface area contributed by atoms with E-state index in [0.717, 1.165) is 12.1 Å². The molecule has 0 bridgehead atoms. The summed E-state index contributed by atoms with van der Waals surface area (Å²) in [7, 11) is 2.88. The molecule has 0 unspecified atom stereocenters. The zero-order chi connectivity index (χ0) is 18.2. The molecule has 0 amide bonds. The van der Waals surface area contributed by atoms with Gasteiger partial charge in [-0.15, -0.1) is 10.2 Å². The molecule has 0 spiro atoms. The molecule has 1 aromatic carbocycles. The summed E-state index contributed by atoms with van der Waals surface area (Å²) in [6.07, 6.45) is -4.61. The number of benzene rings is 1. The van der Waals surface area contributed by atoms with Gasteiger partial charge in [-0.25, -0.2) is 0 Å².